The molecule has 8 heteroatoms. The first-order chi connectivity index (χ1) is 13.9. The van der Waals surface area contributed by atoms with Crippen LogP contribution >= 0.6 is 0 Å². The highest BCUT2D eigenvalue weighted by molar-refractivity contribution is 6.05. The molecule has 8 nitrogen and oxygen atoms in total. The first kappa shape index (κ1) is 20.2. The van der Waals surface area contributed by atoms with Gasteiger partial charge < -0.3 is 14.0 Å². The molecule has 0 spiro atoms. The maximum Gasteiger partial charge on any atom is 0.340 e. The van der Waals surface area contributed by atoms with Crippen LogP contribution in [0.2, 0.25) is 0 Å². The minimum absolute atomic E-state index is 0.119. The van der Waals surface area contributed by atoms with E-state index in [-0.39, 0.29) is 12.2 Å². The number of hydrogen-bond donors (Lipinski definition) is 1. The van der Waals surface area contributed by atoms with Gasteiger partial charge in [0.2, 0.25) is 0 Å². The number of carbonyl (C=O) groups excluding carboxylic acids is 3. The highest BCUT2D eigenvalue weighted by atomic mass is 16.5. The molecule has 2 heterocycles. The van der Waals surface area contributed by atoms with E-state index in [0.717, 1.165) is 10.9 Å². The van der Waals surface area contributed by atoms with Gasteiger partial charge in [0, 0.05) is 25.7 Å². The van der Waals surface area contributed by atoms with Gasteiger partial charge in [-0.3, -0.25) is 14.9 Å². The Bertz CT molecular complexity index is 1090. The Hall–Kier alpha value is -3.52. The van der Waals surface area contributed by atoms with E-state index in [0.29, 0.717) is 17.0 Å². The lowest BCUT2D eigenvalue weighted by Gasteiger charge is -2.14. The van der Waals surface area contributed by atoms with Crippen molar-refractivity contribution in [2.24, 2.45) is 7.05 Å². The fourth-order valence-corrected chi connectivity index (χ4v) is 3.08. The zero-order chi connectivity index (χ0) is 21.0. The van der Waals surface area contributed by atoms with Gasteiger partial charge in [-0.25, -0.2) is 9.78 Å². The topological polar surface area (TPSA) is 99.5 Å². The second kappa shape index (κ2) is 8.66. The Morgan fingerprint density at radius 2 is 1.90 bits per heavy atom. The number of aromatic nitrogens is 2. The smallest absolute Gasteiger partial charge is 0.340 e. The Morgan fingerprint density at radius 3 is 2.59 bits per heavy atom. The van der Waals surface area contributed by atoms with Gasteiger partial charge in [0.25, 0.3) is 11.8 Å². The lowest BCUT2D eigenvalue weighted by Crippen LogP contribution is -2.35. The molecule has 0 bridgehead atoms. The number of carbonyl (C=O) groups is 3. The number of fused-ring (bicyclic) bond motifs is 1. The number of esters is 1. The van der Waals surface area contributed by atoms with E-state index in [4.69, 9.17) is 9.47 Å². The number of amides is 2. The summed E-state index contributed by atoms with van der Waals surface area (Å²) in [4.78, 5) is 41.3. The third kappa shape index (κ3) is 4.33. The fourth-order valence-electron chi connectivity index (χ4n) is 3.08. The maximum atomic E-state index is 12.7. The molecule has 150 valence electrons. The number of hydrogen-bond acceptors (Lipinski definition) is 6. The summed E-state index contributed by atoms with van der Waals surface area (Å²) in [6.45, 7) is 1.32. The predicted octanol–water partition coefficient (Wildman–Crippen LogP) is 2.14. The molecule has 0 aliphatic rings. The van der Waals surface area contributed by atoms with Crippen molar-refractivity contribution in [1.82, 2.24) is 14.9 Å². The number of rotatable bonds is 6. The van der Waals surface area contributed by atoms with Gasteiger partial charge in [-0.15, -0.1) is 0 Å². The van der Waals surface area contributed by atoms with Gasteiger partial charge >= 0.3 is 5.97 Å². The van der Waals surface area contributed by atoms with E-state index in [2.05, 4.69) is 10.3 Å². The monoisotopic (exact) mass is 395 g/mol. The lowest BCUT2D eigenvalue weighted by molar-refractivity contribution is -0.123. The summed E-state index contributed by atoms with van der Waals surface area (Å²) in [5.74, 6) is -1.99. The van der Waals surface area contributed by atoms with E-state index in [1.165, 1.54) is 7.11 Å². The Morgan fingerprint density at radius 1 is 1.14 bits per heavy atom. The van der Waals surface area contributed by atoms with Crippen LogP contribution in [0.25, 0.3) is 10.9 Å². The van der Waals surface area contributed by atoms with Crippen LogP contribution in [-0.2, 0) is 27.9 Å². The molecular formula is C21H21N3O5. The van der Waals surface area contributed by atoms with Crippen LogP contribution in [0.5, 0.6) is 0 Å². The Labute approximate surface area is 167 Å². The number of methoxy groups -OCH3 is 1. The third-order valence-electron chi connectivity index (χ3n) is 4.48. The molecule has 1 aromatic carbocycles. The Kier molecular flexibility index (Phi) is 6.04. The SMILES string of the molecule is COCc1nc2ccccc2c(C)c1C(=O)OCC(=O)NC(=O)c1cccn1C. The van der Waals surface area contributed by atoms with Crippen LogP contribution in [0, 0.1) is 6.92 Å². The van der Waals surface area contributed by atoms with Crippen molar-refractivity contribution in [3.63, 3.8) is 0 Å². The number of aryl methyl sites for hydroxylation is 2. The number of ether oxygens (including phenoxy) is 2. The van der Waals surface area contributed by atoms with Gasteiger partial charge in [-0.2, -0.15) is 0 Å². The molecule has 0 radical (unpaired) electrons. The number of nitrogens with zero attached hydrogens (tertiary/aromatic N) is 2. The van der Waals surface area contributed by atoms with Crippen LogP contribution in [-0.4, -0.2) is 41.1 Å². The summed E-state index contributed by atoms with van der Waals surface area (Å²) in [6.07, 6.45) is 1.69. The van der Waals surface area contributed by atoms with Crippen LogP contribution < -0.4 is 5.32 Å². The molecule has 0 aliphatic heterocycles. The largest absolute Gasteiger partial charge is 0.452 e. The summed E-state index contributed by atoms with van der Waals surface area (Å²) < 4.78 is 11.9. The van der Waals surface area contributed by atoms with E-state index < -0.39 is 24.4 Å². The van der Waals surface area contributed by atoms with Gasteiger partial charge in [0.1, 0.15) is 5.69 Å². The number of benzene rings is 1. The van der Waals surface area contributed by atoms with E-state index in [9.17, 15) is 14.4 Å². The normalized spacial score (nSPS) is 10.7. The van der Waals surface area contributed by atoms with Crippen molar-refractivity contribution in [2.75, 3.05) is 13.7 Å². The van der Waals surface area contributed by atoms with Gasteiger partial charge in [0.15, 0.2) is 6.61 Å². The number of pyridine rings is 1. The van der Waals surface area contributed by atoms with Crippen LogP contribution in [0.1, 0.15) is 32.1 Å². The van der Waals surface area contributed by atoms with Crippen molar-refractivity contribution < 1.29 is 23.9 Å². The standard InChI is InChI=1S/C21H21N3O5/c1-13-14-7-4-5-8-15(14)22-16(11-28-3)19(13)21(27)29-12-18(25)23-20(26)17-9-6-10-24(17)2/h4-10H,11-12H2,1-3H3,(H,23,25,26). The molecular weight excluding hydrogens is 374 g/mol. The fraction of sp³-hybridized carbons (Fsp3) is 0.238. The molecule has 29 heavy (non-hydrogen) atoms. The minimum Gasteiger partial charge on any atom is -0.452 e. The maximum absolute atomic E-state index is 12.7. The quantitative estimate of drug-likeness (QED) is 0.642. The molecule has 0 atom stereocenters. The predicted molar refractivity (Wildman–Crippen MR) is 105 cm³/mol. The highest BCUT2D eigenvalue weighted by Gasteiger charge is 2.21. The zero-order valence-electron chi connectivity index (χ0n) is 16.4. The van der Waals surface area contributed by atoms with Crippen molar-refractivity contribution >= 4 is 28.7 Å². The summed E-state index contributed by atoms with van der Waals surface area (Å²) in [6, 6.07) is 10.7. The number of nitrogens with one attached hydrogen (secondary N) is 1. The van der Waals surface area contributed by atoms with E-state index >= 15 is 0 Å². The summed E-state index contributed by atoms with van der Waals surface area (Å²) in [5, 5.41) is 3.01. The second-order valence-corrected chi connectivity index (χ2v) is 6.47. The molecule has 0 saturated carbocycles. The molecule has 0 aliphatic carbocycles. The Balaban J connectivity index is 1.75. The van der Waals surface area contributed by atoms with Crippen molar-refractivity contribution in [1.29, 1.82) is 0 Å². The van der Waals surface area contributed by atoms with Crippen molar-refractivity contribution in [3.8, 4) is 0 Å². The summed E-state index contributed by atoms with van der Waals surface area (Å²) >= 11 is 0. The summed E-state index contributed by atoms with van der Waals surface area (Å²) in [7, 11) is 3.19. The van der Waals surface area contributed by atoms with Crippen LogP contribution in [0.15, 0.2) is 42.6 Å². The van der Waals surface area contributed by atoms with Gasteiger partial charge in [-0.05, 0) is 30.7 Å². The molecule has 3 rings (SSSR count). The second-order valence-electron chi connectivity index (χ2n) is 6.47. The molecule has 0 saturated heterocycles. The van der Waals surface area contributed by atoms with E-state index in [1.54, 1.807) is 36.9 Å². The minimum atomic E-state index is -0.718. The lowest BCUT2D eigenvalue weighted by atomic mass is 10.0. The van der Waals surface area contributed by atoms with E-state index in [1.807, 2.05) is 24.3 Å². The van der Waals surface area contributed by atoms with Crippen molar-refractivity contribution in [2.45, 2.75) is 13.5 Å². The highest BCUT2D eigenvalue weighted by Crippen LogP contribution is 2.24. The average Bonchev–Trinajstić information content (AvgIpc) is 3.13. The van der Waals surface area contributed by atoms with Crippen LogP contribution in [0.4, 0.5) is 0 Å². The molecule has 2 amide bonds. The third-order valence-corrected chi connectivity index (χ3v) is 4.48. The van der Waals surface area contributed by atoms with Gasteiger partial charge in [-0.1, -0.05) is 18.2 Å². The van der Waals surface area contributed by atoms with Crippen molar-refractivity contribution in [3.05, 3.63) is 65.1 Å². The molecule has 2 aromatic heterocycles. The van der Waals surface area contributed by atoms with Crippen LogP contribution in [0.3, 0.4) is 0 Å². The average molecular weight is 395 g/mol. The van der Waals surface area contributed by atoms with Gasteiger partial charge in [0.05, 0.1) is 23.4 Å². The first-order valence-electron chi connectivity index (χ1n) is 8.92. The molecule has 0 fully saturated rings. The molecule has 3 aromatic rings. The number of imide groups is 1. The zero-order valence-corrected chi connectivity index (χ0v) is 16.4. The first-order valence-corrected chi connectivity index (χ1v) is 8.92. The number of para-hydroxylation sites is 1. The molecule has 1 N–H and O–H groups in total. The summed E-state index contributed by atoms with van der Waals surface area (Å²) in [5.41, 5.74) is 2.43. The molecule has 0 unspecified atom stereocenters.